The summed E-state index contributed by atoms with van der Waals surface area (Å²) in [6.45, 7) is 0.732. The van der Waals surface area contributed by atoms with Crippen LogP contribution in [0.5, 0.6) is 0 Å². The second kappa shape index (κ2) is 5.70. The third-order valence-electron chi connectivity index (χ3n) is 2.05. The SMILES string of the molecule is O=S(=O)(NCCn1cc(Br)cn1)c1ccc(Cl)s1. The lowest BCUT2D eigenvalue weighted by Gasteiger charge is -2.04. The molecule has 2 heterocycles. The van der Waals surface area contributed by atoms with Crippen molar-refractivity contribution in [3.05, 3.63) is 33.3 Å². The number of hydrogen-bond acceptors (Lipinski definition) is 4. The zero-order valence-corrected chi connectivity index (χ0v) is 13.0. The molecule has 2 aromatic heterocycles. The third-order valence-corrected chi connectivity index (χ3v) is 5.64. The molecule has 18 heavy (non-hydrogen) atoms. The van der Waals surface area contributed by atoms with Gasteiger partial charge in [0.25, 0.3) is 0 Å². The molecule has 5 nitrogen and oxygen atoms in total. The van der Waals surface area contributed by atoms with Gasteiger partial charge in [-0.2, -0.15) is 5.10 Å². The van der Waals surface area contributed by atoms with Crippen molar-refractivity contribution in [2.45, 2.75) is 10.8 Å². The van der Waals surface area contributed by atoms with Crippen LogP contribution in [0.15, 0.2) is 33.2 Å². The summed E-state index contributed by atoms with van der Waals surface area (Å²) in [7, 11) is -3.47. The Kier molecular flexibility index (Phi) is 4.44. The molecule has 0 bridgehead atoms. The van der Waals surface area contributed by atoms with E-state index < -0.39 is 10.0 Å². The fraction of sp³-hybridized carbons (Fsp3) is 0.222. The smallest absolute Gasteiger partial charge is 0.250 e. The van der Waals surface area contributed by atoms with E-state index in [9.17, 15) is 8.42 Å². The number of thiophene rings is 1. The summed E-state index contributed by atoms with van der Waals surface area (Å²) in [5.74, 6) is 0. The third kappa shape index (κ3) is 3.55. The molecule has 98 valence electrons. The van der Waals surface area contributed by atoms with Gasteiger partial charge in [0.05, 0.1) is 21.6 Å². The molecule has 0 unspecified atom stereocenters. The lowest BCUT2D eigenvalue weighted by atomic mass is 10.6. The van der Waals surface area contributed by atoms with Gasteiger partial charge in [-0.3, -0.25) is 4.68 Å². The number of nitrogens with zero attached hydrogens (tertiary/aromatic N) is 2. The first-order valence-corrected chi connectivity index (χ1v) is 8.37. The van der Waals surface area contributed by atoms with Gasteiger partial charge < -0.3 is 0 Å². The van der Waals surface area contributed by atoms with Gasteiger partial charge in [0.2, 0.25) is 10.0 Å². The molecule has 0 fully saturated rings. The first-order valence-electron chi connectivity index (χ1n) is 4.90. The van der Waals surface area contributed by atoms with Crippen LogP contribution in [0.4, 0.5) is 0 Å². The molecule has 0 aliphatic carbocycles. The Morgan fingerprint density at radius 3 is 2.83 bits per heavy atom. The summed E-state index contributed by atoms with van der Waals surface area (Å²) >= 11 is 10.0. The molecule has 9 heteroatoms. The van der Waals surface area contributed by atoms with Gasteiger partial charge in [-0.15, -0.1) is 11.3 Å². The van der Waals surface area contributed by atoms with Crippen LogP contribution in [0.1, 0.15) is 0 Å². The van der Waals surface area contributed by atoms with Crippen molar-refractivity contribution >= 4 is 48.9 Å². The minimum atomic E-state index is -3.47. The number of rotatable bonds is 5. The first kappa shape index (κ1) is 14.0. The highest BCUT2D eigenvalue weighted by molar-refractivity contribution is 9.10. The zero-order chi connectivity index (χ0) is 13.2. The van der Waals surface area contributed by atoms with Crippen molar-refractivity contribution in [3.63, 3.8) is 0 Å². The van der Waals surface area contributed by atoms with Crippen molar-refractivity contribution in [1.29, 1.82) is 0 Å². The summed E-state index contributed by atoms with van der Waals surface area (Å²) in [6.07, 6.45) is 3.42. The number of halogens is 2. The molecule has 0 radical (unpaired) electrons. The molecule has 0 aliphatic heterocycles. The molecule has 1 N–H and O–H groups in total. The number of sulfonamides is 1. The Hall–Kier alpha value is -0.410. The fourth-order valence-corrected chi connectivity index (χ4v) is 4.14. The molecular weight excluding hydrogens is 362 g/mol. The highest BCUT2D eigenvalue weighted by Gasteiger charge is 2.15. The van der Waals surface area contributed by atoms with Crippen molar-refractivity contribution in [2.24, 2.45) is 0 Å². The van der Waals surface area contributed by atoms with Crippen LogP contribution in [-0.4, -0.2) is 24.7 Å². The maximum Gasteiger partial charge on any atom is 0.250 e. The van der Waals surface area contributed by atoms with Gasteiger partial charge in [-0.1, -0.05) is 11.6 Å². The van der Waals surface area contributed by atoms with E-state index in [1.54, 1.807) is 23.1 Å². The first-order chi connectivity index (χ1) is 8.47. The van der Waals surface area contributed by atoms with Gasteiger partial charge in [-0.05, 0) is 28.1 Å². The summed E-state index contributed by atoms with van der Waals surface area (Å²) in [6, 6.07) is 3.05. The fourth-order valence-electron chi connectivity index (χ4n) is 1.27. The Morgan fingerprint density at radius 1 is 1.50 bits per heavy atom. The molecule has 0 amide bonds. The average Bonchev–Trinajstić information content (AvgIpc) is 2.88. The van der Waals surface area contributed by atoms with E-state index >= 15 is 0 Å². The second-order valence-electron chi connectivity index (χ2n) is 3.38. The molecule has 0 saturated heterocycles. The molecule has 2 aromatic rings. The predicted octanol–water partition coefficient (Wildman–Crippen LogP) is 2.34. The molecular formula is C9H9BrClN3O2S2. The van der Waals surface area contributed by atoms with Crippen LogP contribution in [0.3, 0.4) is 0 Å². The number of aromatic nitrogens is 2. The van der Waals surface area contributed by atoms with Gasteiger partial charge >= 0.3 is 0 Å². The van der Waals surface area contributed by atoms with Gasteiger partial charge in [-0.25, -0.2) is 13.1 Å². The van der Waals surface area contributed by atoms with Crippen LogP contribution < -0.4 is 4.72 Å². The highest BCUT2D eigenvalue weighted by atomic mass is 79.9. The normalized spacial score (nSPS) is 11.9. The Balaban J connectivity index is 1.93. The van der Waals surface area contributed by atoms with E-state index in [0.717, 1.165) is 15.8 Å². The van der Waals surface area contributed by atoms with Crippen LogP contribution in [0.25, 0.3) is 0 Å². The van der Waals surface area contributed by atoms with E-state index in [4.69, 9.17) is 11.6 Å². The molecule has 2 rings (SSSR count). The largest absolute Gasteiger partial charge is 0.270 e. The molecule has 0 spiro atoms. The molecule has 0 saturated carbocycles. The van der Waals surface area contributed by atoms with Gasteiger partial charge in [0, 0.05) is 12.7 Å². The van der Waals surface area contributed by atoms with Crippen LogP contribution in [-0.2, 0) is 16.6 Å². The predicted molar refractivity (Wildman–Crippen MR) is 74.4 cm³/mol. The molecule has 0 atom stereocenters. The van der Waals surface area contributed by atoms with Crippen molar-refractivity contribution in [2.75, 3.05) is 6.54 Å². The van der Waals surface area contributed by atoms with Crippen molar-refractivity contribution < 1.29 is 8.42 Å². The van der Waals surface area contributed by atoms with Gasteiger partial charge in [0.15, 0.2) is 0 Å². The van der Waals surface area contributed by atoms with Crippen LogP contribution in [0.2, 0.25) is 4.34 Å². The maximum atomic E-state index is 11.8. The minimum Gasteiger partial charge on any atom is -0.270 e. The van der Waals surface area contributed by atoms with E-state index in [2.05, 4.69) is 25.8 Å². The average molecular weight is 371 g/mol. The molecule has 0 aromatic carbocycles. The Labute approximate surface area is 122 Å². The van der Waals surface area contributed by atoms with Crippen molar-refractivity contribution in [3.8, 4) is 0 Å². The van der Waals surface area contributed by atoms with E-state index in [1.165, 1.54) is 6.07 Å². The lowest BCUT2D eigenvalue weighted by molar-refractivity contribution is 0.562. The highest BCUT2D eigenvalue weighted by Crippen LogP contribution is 2.25. The topological polar surface area (TPSA) is 64.0 Å². The zero-order valence-electron chi connectivity index (χ0n) is 9.01. The van der Waals surface area contributed by atoms with E-state index in [0.29, 0.717) is 10.9 Å². The number of nitrogens with one attached hydrogen (secondary N) is 1. The standard InChI is InChI=1S/C9H9BrClN3O2S2/c10-7-5-12-14(6-7)4-3-13-18(15,16)9-2-1-8(11)17-9/h1-2,5-6,13H,3-4H2. The summed E-state index contributed by atoms with van der Waals surface area (Å²) in [5, 5.41) is 4.03. The summed E-state index contributed by atoms with van der Waals surface area (Å²) < 4.78 is 29.4. The lowest BCUT2D eigenvalue weighted by Crippen LogP contribution is -2.26. The van der Waals surface area contributed by atoms with Gasteiger partial charge in [0.1, 0.15) is 4.21 Å². The monoisotopic (exact) mass is 369 g/mol. The van der Waals surface area contributed by atoms with E-state index in [1.807, 2.05) is 0 Å². The van der Waals surface area contributed by atoms with Crippen LogP contribution in [0, 0.1) is 0 Å². The minimum absolute atomic E-state index is 0.217. The van der Waals surface area contributed by atoms with Crippen LogP contribution >= 0.6 is 38.9 Å². The van der Waals surface area contributed by atoms with E-state index in [-0.39, 0.29) is 10.8 Å². The second-order valence-corrected chi connectivity index (χ2v) is 8.00. The molecule has 0 aliphatic rings. The Morgan fingerprint density at radius 2 is 2.28 bits per heavy atom. The van der Waals surface area contributed by atoms with Crippen molar-refractivity contribution in [1.82, 2.24) is 14.5 Å². The number of hydrogen-bond donors (Lipinski definition) is 1. The summed E-state index contributed by atoms with van der Waals surface area (Å²) in [5.41, 5.74) is 0. The summed E-state index contributed by atoms with van der Waals surface area (Å²) in [4.78, 5) is 0. The Bertz CT molecular complexity index is 638. The maximum absolute atomic E-state index is 11.8. The quantitative estimate of drug-likeness (QED) is 0.878.